The summed E-state index contributed by atoms with van der Waals surface area (Å²) in [5, 5.41) is 0. The molecule has 2 aromatic rings. The summed E-state index contributed by atoms with van der Waals surface area (Å²) in [6.07, 6.45) is -10.2. The van der Waals surface area contributed by atoms with Gasteiger partial charge in [0.2, 0.25) is 0 Å². The van der Waals surface area contributed by atoms with E-state index in [4.69, 9.17) is 0 Å². The smallest absolute Gasteiger partial charge is 0.264 e. The van der Waals surface area contributed by atoms with Crippen LogP contribution in [0.3, 0.4) is 0 Å². The molecule has 0 spiro atoms. The Kier molecular flexibility index (Phi) is 5.13. The fourth-order valence-corrected chi connectivity index (χ4v) is 2.82. The lowest BCUT2D eigenvalue weighted by molar-refractivity contribution is -0.350. The van der Waals surface area contributed by atoms with Crippen LogP contribution in [0.4, 0.5) is 30.7 Å². The molecule has 0 amide bonds. The summed E-state index contributed by atoms with van der Waals surface area (Å²) in [6, 6.07) is 4.15. The Hall–Kier alpha value is -1.71. The Morgan fingerprint density at radius 3 is 2.12 bits per heavy atom. The summed E-state index contributed by atoms with van der Waals surface area (Å²) >= 11 is 2.73. The maximum absolute atomic E-state index is 14.5. The Morgan fingerprint density at radius 2 is 1.64 bits per heavy atom. The second-order valence-electron chi connectivity index (χ2n) is 5.28. The van der Waals surface area contributed by atoms with E-state index >= 15 is 0 Å². The number of aryl methyl sites for hydroxylation is 1. The summed E-state index contributed by atoms with van der Waals surface area (Å²) in [5.74, 6) is 0. The van der Waals surface area contributed by atoms with Crippen LogP contribution in [0.1, 0.15) is 22.4 Å². The SMILES string of the molecule is Cc1cc(Br)nc(C(F)(C(F)(F)F)C(F)(F)F)c1Cc1cccnc1. The van der Waals surface area contributed by atoms with Crippen molar-refractivity contribution in [1.82, 2.24) is 9.97 Å². The summed E-state index contributed by atoms with van der Waals surface area (Å²) < 4.78 is 92.8. The van der Waals surface area contributed by atoms with E-state index in [-0.39, 0.29) is 16.6 Å². The van der Waals surface area contributed by atoms with Crippen molar-refractivity contribution in [3.05, 3.63) is 57.6 Å². The van der Waals surface area contributed by atoms with Gasteiger partial charge in [-0.2, -0.15) is 26.3 Å². The van der Waals surface area contributed by atoms with Crippen LogP contribution in [0.5, 0.6) is 0 Å². The maximum Gasteiger partial charge on any atom is 0.437 e. The first-order chi connectivity index (χ1) is 11.4. The highest BCUT2D eigenvalue weighted by atomic mass is 79.9. The van der Waals surface area contributed by atoms with Gasteiger partial charge in [-0.3, -0.25) is 4.98 Å². The molecule has 2 nitrogen and oxygen atoms in total. The highest BCUT2D eigenvalue weighted by molar-refractivity contribution is 9.10. The van der Waals surface area contributed by atoms with Crippen molar-refractivity contribution in [1.29, 1.82) is 0 Å². The molecule has 0 saturated heterocycles. The molecule has 136 valence electrons. The normalized spacial score (nSPS) is 13.2. The van der Waals surface area contributed by atoms with E-state index in [2.05, 4.69) is 25.9 Å². The van der Waals surface area contributed by atoms with Crippen molar-refractivity contribution in [2.45, 2.75) is 31.4 Å². The number of pyridine rings is 2. The standard InChI is InChI=1S/C15H10BrF7N2/c1-8-5-11(16)25-12(10(8)6-9-3-2-4-24-7-9)13(17,14(18,19)20)15(21,22)23/h2-5,7H,6H2,1H3. The van der Waals surface area contributed by atoms with E-state index in [0.29, 0.717) is 5.56 Å². The number of nitrogens with zero attached hydrogens (tertiary/aromatic N) is 2. The summed E-state index contributed by atoms with van der Waals surface area (Å²) in [5.41, 5.74) is -7.44. The van der Waals surface area contributed by atoms with Gasteiger partial charge in [0.05, 0.1) is 0 Å². The molecule has 2 rings (SSSR count). The molecule has 0 unspecified atom stereocenters. The summed E-state index contributed by atoms with van der Waals surface area (Å²) in [6.45, 7) is 1.29. The first-order valence-corrected chi connectivity index (χ1v) is 7.55. The van der Waals surface area contributed by atoms with E-state index in [1.165, 1.54) is 37.5 Å². The number of hydrogen-bond acceptors (Lipinski definition) is 2. The van der Waals surface area contributed by atoms with Crippen molar-refractivity contribution < 1.29 is 30.7 Å². The van der Waals surface area contributed by atoms with Crippen LogP contribution >= 0.6 is 15.9 Å². The molecule has 2 aromatic heterocycles. The maximum atomic E-state index is 14.5. The highest BCUT2D eigenvalue weighted by Crippen LogP contribution is 2.54. The number of halogens is 8. The third-order valence-corrected chi connectivity index (χ3v) is 3.93. The zero-order valence-corrected chi connectivity index (χ0v) is 14.1. The largest absolute Gasteiger partial charge is 0.437 e. The van der Waals surface area contributed by atoms with Crippen LogP contribution in [0.2, 0.25) is 0 Å². The minimum atomic E-state index is -6.23. The fraction of sp³-hybridized carbons (Fsp3) is 0.333. The van der Waals surface area contributed by atoms with Gasteiger partial charge in [-0.1, -0.05) is 6.07 Å². The first-order valence-electron chi connectivity index (χ1n) is 6.75. The molecule has 0 atom stereocenters. The van der Waals surface area contributed by atoms with Gasteiger partial charge < -0.3 is 0 Å². The fourth-order valence-electron chi connectivity index (χ4n) is 2.30. The predicted octanol–water partition coefficient (Wildman–Crippen LogP) is 5.43. The van der Waals surface area contributed by atoms with Gasteiger partial charge in [0.15, 0.2) is 0 Å². The molecule has 0 aromatic carbocycles. The second-order valence-corrected chi connectivity index (χ2v) is 6.09. The van der Waals surface area contributed by atoms with Gasteiger partial charge in [-0.15, -0.1) is 0 Å². The molecule has 25 heavy (non-hydrogen) atoms. The minimum Gasteiger partial charge on any atom is -0.264 e. The zero-order valence-electron chi connectivity index (χ0n) is 12.5. The number of rotatable bonds is 3. The van der Waals surface area contributed by atoms with Gasteiger partial charge in [0.1, 0.15) is 10.3 Å². The lowest BCUT2D eigenvalue weighted by Crippen LogP contribution is -2.51. The van der Waals surface area contributed by atoms with Crippen molar-refractivity contribution in [3.8, 4) is 0 Å². The molecule has 0 aliphatic heterocycles. The average Bonchev–Trinajstić information content (AvgIpc) is 2.47. The first kappa shape index (κ1) is 19.6. The summed E-state index contributed by atoms with van der Waals surface area (Å²) in [4.78, 5) is 6.97. The molecule has 0 fully saturated rings. The van der Waals surface area contributed by atoms with Gasteiger partial charge in [-0.25, -0.2) is 9.37 Å². The van der Waals surface area contributed by atoms with Crippen LogP contribution < -0.4 is 0 Å². The van der Waals surface area contributed by atoms with E-state index in [1.54, 1.807) is 0 Å². The molecular weight excluding hydrogens is 421 g/mol. The summed E-state index contributed by atoms with van der Waals surface area (Å²) in [7, 11) is 0. The van der Waals surface area contributed by atoms with Gasteiger partial charge >= 0.3 is 18.0 Å². The van der Waals surface area contributed by atoms with E-state index in [0.717, 1.165) is 0 Å². The Morgan fingerprint density at radius 1 is 1.04 bits per heavy atom. The van der Waals surface area contributed by atoms with Crippen molar-refractivity contribution in [2.75, 3.05) is 0 Å². The number of aromatic nitrogens is 2. The number of hydrogen-bond donors (Lipinski definition) is 0. The molecule has 2 heterocycles. The van der Waals surface area contributed by atoms with Crippen molar-refractivity contribution in [2.24, 2.45) is 0 Å². The van der Waals surface area contributed by atoms with Crippen LogP contribution in [-0.4, -0.2) is 22.3 Å². The molecule has 0 bridgehead atoms. The van der Waals surface area contributed by atoms with Crippen LogP contribution in [0.25, 0.3) is 0 Å². The van der Waals surface area contributed by atoms with Crippen molar-refractivity contribution in [3.63, 3.8) is 0 Å². The molecule has 0 aliphatic rings. The minimum absolute atomic E-state index is 0.0382. The van der Waals surface area contributed by atoms with Crippen molar-refractivity contribution >= 4 is 15.9 Å². The zero-order chi connectivity index (χ0) is 19.0. The average molecular weight is 431 g/mol. The third kappa shape index (κ3) is 3.63. The van der Waals surface area contributed by atoms with Gasteiger partial charge in [0.25, 0.3) is 0 Å². The molecule has 10 heteroatoms. The van der Waals surface area contributed by atoms with Crippen LogP contribution in [0.15, 0.2) is 35.2 Å². The Labute approximate surface area is 146 Å². The molecule has 0 aliphatic carbocycles. The molecule has 0 saturated carbocycles. The number of alkyl halides is 7. The topological polar surface area (TPSA) is 25.8 Å². The van der Waals surface area contributed by atoms with Gasteiger partial charge in [0, 0.05) is 18.8 Å². The monoisotopic (exact) mass is 430 g/mol. The third-order valence-electron chi connectivity index (χ3n) is 3.53. The Bertz CT molecular complexity index is 743. The van der Waals surface area contributed by atoms with E-state index in [9.17, 15) is 30.7 Å². The molecular formula is C15H10BrF7N2. The molecule has 0 N–H and O–H groups in total. The quantitative estimate of drug-likeness (QED) is 0.479. The van der Waals surface area contributed by atoms with Crippen LogP contribution in [0, 0.1) is 6.92 Å². The van der Waals surface area contributed by atoms with E-state index in [1.807, 2.05) is 0 Å². The van der Waals surface area contributed by atoms with Gasteiger partial charge in [-0.05, 0) is 51.7 Å². The van der Waals surface area contributed by atoms with E-state index < -0.39 is 29.3 Å². The second kappa shape index (κ2) is 6.54. The lowest BCUT2D eigenvalue weighted by atomic mass is 9.90. The Balaban J connectivity index is 2.75. The molecule has 0 radical (unpaired) electrons. The predicted molar refractivity (Wildman–Crippen MR) is 78.6 cm³/mol. The highest BCUT2D eigenvalue weighted by Gasteiger charge is 2.75. The lowest BCUT2D eigenvalue weighted by Gasteiger charge is -2.31. The van der Waals surface area contributed by atoms with Crippen LogP contribution in [-0.2, 0) is 12.1 Å².